The minimum Gasteiger partial charge on any atom is -0.494 e. The SMILES string of the molecule is CCCCCCCCC(=O)OC(CN1CCN(c2ccccn2)CC1)Cn1c(O)c2c(c1O)C1C=CC2C1. The van der Waals surface area contributed by atoms with Gasteiger partial charge in [0.15, 0.2) is 11.8 Å². The van der Waals surface area contributed by atoms with Crippen LogP contribution in [0.4, 0.5) is 5.82 Å². The van der Waals surface area contributed by atoms with E-state index >= 15 is 0 Å². The van der Waals surface area contributed by atoms with Crippen molar-refractivity contribution >= 4 is 11.8 Å². The summed E-state index contributed by atoms with van der Waals surface area (Å²) in [4.78, 5) is 21.9. The van der Waals surface area contributed by atoms with Crippen LogP contribution in [-0.2, 0) is 16.1 Å². The third-order valence-electron chi connectivity index (χ3n) is 8.33. The molecule has 1 aliphatic heterocycles. The number of anilines is 1. The molecule has 1 saturated heterocycles. The summed E-state index contributed by atoms with van der Waals surface area (Å²) in [6.45, 7) is 6.36. The number of allylic oxidation sites excluding steroid dienone is 2. The maximum Gasteiger partial charge on any atom is 0.306 e. The van der Waals surface area contributed by atoms with Crippen LogP contribution in [0.1, 0.15) is 81.3 Å². The van der Waals surface area contributed by atoms with Gasteiger partial charge in [0.05, 0.1) is 6.54 Å². The standard InChI is InChI=1S/C30H42N4O4/c1-2-3-4-5-6-7-11-26(35)38-24(20-32-15-17-33(18-16-32)25-10-8-9-14-31-25)21-34-29(36)27-22-12-13-23(19-22)28(27)30(34)37/h8-10,12-14,22-24,36-37H,2-7,11,15-21H2,1H3. The molecule has 0 saturated carbocycles. The molecule has 38 heavy (non-hydrogen) atoms. The van der Waals surface area contributed by atoms with Crippen LogP contribution < -0.4 is 4.90 Å². The first-order chi connectivity index (χ1) is 18.5. The number of nitrogens with zero attached hydrogens (tertiary/aromatic N) is 4. The van der Waals surface area contributed by atoms with Crippen LogP contribution in [0, 0.1) is 0 Å². The molecule has 1 fully saturated rings. The molecular formula is C30H42N4O4. The number of hydrogen-bond acceptors (Lipinski definition) is 7. The van der Waals surface area contributed by atoms with Gasteiger partial charge in [-0.05, 0) is 25.0 Å². The Bertz CT molecular complexity index is 1070. The number of piperazine rings is 1. The Hall–Kier alpha value is -3.00. The van der Waals surface area contributed by atoms with Crippen molar-refractivity contribution < 1.29 is 19.7 Å². The molecule has 5 rings (SSSR count). The van der Waals surface area contributed by atoms with Gasteiger partial charge in [-0.1, -0.05) is 57.2 Å². The minimum atomic E-state index is -0.459. The fourth-order valence-corrected chi connectivity index (χ4v) is 6.28. The molecule has 0 radical (unpaired) electrons. The smallest absolute Gasteiger partial charge is 0.306 e. The van der Waals surface area contributed by atoms with Gasteiger partial charge in [-0.15, -0.1) is 0 Å². The number of aromatic nitrogens is 2. The first-order valence-electron chi connectivity index (χ1n) is 14.5. The van der Waals surface area contributed by atoms with E-state index in [1.54, 1.807) is 4.57 Å². The summed E-state index contributed by atoms with van der Waals surface area (Å²) in [5, 5.41) is 22.1. The molecule has 3 atom stereocenters. The molecule has 8 heteroatoms. The lowest BCUT2D eigenvalue weighted by Crippen LogP contribution is -2.49. The minimum absolute atomic E-state index is 0.117. The summed E-state index contributed by atoms with van der Waals surface area (Å²) in [5.74, 6) is 1.34. The molecule has 3 aliphatic rings. The number of unbranched alkanes of at least 4 members (excludes halogenated alkanes) is 5. The Balaban J connectivity index is 1.22. The van der Waals surface area contributed by atoms with Crippen LogP contribution in [-0.4, -0.2) is 69.5 Å². The zero-order chi connectivity index (χ0) is 26.5. The van der Waals surface area contributed by atoms with Crippen molar-refractivity contribution in [1.29, 1.82) is 0 Å². The Morgan fingerprint density at radius 3 is 2.32 bits per heavy atom. The number of fused-ring (bicyclic) bond motifs is 5. The first kappa shape index (κ1) is 26.6. The highest BCUT2D eigenvalue weighted by Crippen LogP contribution is 2.56. The predicted molar refractivity (Wildman–Crippen MR) is 148 cm³/mol. The van der Waals surface area contributed by atoms with Gasteiger partial charge in [0.2, 0.25) is 0 Å². The van der Waals surface area contributed by atoms with E-state index in [9.17, 15) is 15.0 Å². The third-order valence-corrected chi connectivity index (χ3v) is 8.33. The summed E-state index contributed by atoms with van der Waals surface area (Å²) in [7, 11) is 0. The van der Waals surface area contributed by atoms with Crippen molar-refractivity contribution in [3.05, 3.63) is 47.7 Å². The largest absolute Gasteiger partial charge is 0.494 e. The van der Waals surface area contributed by atoms with Crippen molar-refractivity contribution in [3.8, 4) is 11.8 Å². The second kappa shape index (κ2) is 12.2. The van der Waals surface area contributed by atoms with Crippen LogP contribution in [0.15, 0.2) is 36.5 Å². The molecular weight excluding hydrogens is 480 g/mol. The molecule has 2 aliphatic carbocycles. The molecule has 2 aromatic heterocycles. The predicted octanol–water partition coefficient (Wildman–Crippen LogP) is 4.92. The Labute approximate surface area is 225 Å². The van der Waals surface area contributed by atoms with E-state index in [1.807, 2.05) is 24.4 Å². The fourth-order valence-electron chi connectivity index (χ4n) is 6.28. The Morgan fingerprint density at radius 1 is 0.974 bits per heavy atom. The summed E-state index contributed by atoms with van der Waals surface area (Å²) in [5.41, 5.74) is 1.69. The molecule has 206 valence electrons. The normalized spacial score (nSPS) is 21.1. The number of ether oxygens (including phenoxy) is 1. The monoisotopic (exact) mass is 522 g/mol. The van der Waals surface area contributed by atoms with Crippen molar-refractivity contribution in [1.82, 2.24) is 14.5 Å². The van der Waals surface area contributed by atoms with E-state index < -0.39 is 6.10 Å². The van der Waals surface area contributed by atoms with Crippen LogP contribution in [0.3, 0.4) is 0 Å². The molecule has 3 heterocycles. The molecule has 0 spiro atoms. The lowest BCUT2D eigenvalue weighted by atomic mass is 10.0. The number of esters is 1. The van der Waals surface area contributed by atoms with E-state index in [0.717, 1.165) is 68.8 Å². The van der Waals surface area contributed by atoms with Gasteiger partial charge in [-0.2, -0.15) is 0 Å². The van der Waals surface area contributed by atoms with Gasteiger partial charge in [0.1, 0.15) is 11.9 Å². The Kier molecular flexibility index (Phi) is 8.57. The molecule has 2 aromatic rings. The zero-order valence-corrected chi connectivity index (χ0v) is 22.6. The van der Waals surface area contributed by atoms with Crippen LogP contribution >= 0.6 is 0 Å². The maximum absolute atomic E-state index is 12.8. The van der Waals surface area contributed by atoms with Crippen molar-refractivity contribution in [3.63, 3.8) is 0 Å². The summed E-state index contributed by atoms with van der Waals surface area (Å²) in [6, 6.07) is 5.96. The van der Waals surface area contributed by atoms with E-state index in [-0.39, 0.29) is 36.1 Å². The second-order valence-corrected chi connectivity index (χ2v) is 11.0. The summed E-state index contributed by atoms with van der Waals surface area (Å²) in [6.07, 6.45) is 13.6. The van der Waals surface area contributed by atoms with Gasteiger partial charge in [0, 0.05) is 68.3 Å². The molecule has 3 unspecified atom stereocenters. The van der Waals surface area contributed by atoms with E-state index in [1.165, 1.54) is 19.3 Å². The number of carbonyl (C=O) groups excluding carboxylic acids is 1. The van der Waals surface area contributed by atoms with Crippen LogP contribution in [0.2, 0.25) is 0 Å². The molecule has 2 N–H and O–H groups in total. The quantitative estimate of drug-likeness (QED) is 0.219. The first-order valence-corrected chi connectivity index (χ1v) is 14.5. The molecule has 2 bridgehead atoms. The third kappa shape index (κ3) is 5.85. The van der Waals surface area contributed by atoms with Crippen molar-refractivity contribution in [2.24, 2.45) is 0 Å². The lowest BCUT2D eigenvalue weighted by molar-refractivity contribution is -0.151. The second-order valence-electron chi connectivity index (χ2n) is 11.0. The topological polar surface area (TPSA) is 91.1 Å². The van der Waals surface area contributed by atoms with Gasteiger partial charge in [0.25, 0.3) is 0 Å². The molecule has 8 nitrogen and oxygen atoms in total. The Morgan fingerprint density at radius 2 is 1.66 bits per heavy atom. The average Bonchev–Trinajstić information content (AvgIpc) is 3.62. The highest BCUT2D eigenvalue weighted by Gasteiger charge is 2.41. The lowest BCUT2D eigenvalue weighted by Gasteiger charge is -2.37. The number of hydrogen-bond donors (Lipinski definition) is 2. The van der Waals surface area contributed by atoms with Crippen molar-refractivity contribution in [2.75, 3.05) is 37.6 Å². The van der Waals surface area contributed by atoms with Gasteiger partial charge < -0.3 is 19.8 Å². The number of rotatable bonds is 13. The number of pyridine rings is 1. The van der Waals surface area contributed by atoms with Crippen LogP contribution in [0.5, 0.6) is 11.8 Å². The number of aromatic hydroxyl groups is 2. The van der Waals surface area contributed by atoms with E-state index in [4.69, 9.17) is 4.74 Å². The number of carbonyl (C=O) groups is 1. The van der Waals surface area contributed by atoms with Crippen LogP contribution in [0.25, 0.3) is 0 Å². The summed E-state index contributed by atoms with van der Waals surface area (Å²) >= 11 is 0. The fraction of sp³-hybridized carbons (Fsp3) is 0.600. The van der Waals surface area contributed by atoms with Gasteiger partial charge in [-0.25, -0.2) is 4.98 Å². The zero-order valence-electron chi connectivity index (χ0n) is 22.6. The van der Waals surface area contributed by atoms with E-state index in [2.05, 4.69) is 33.9 Å². The van der Waals surface area contributed by atoms with Gasteiger partial charge >= 0.3 is 5.97 Å². The highest BCUT2D eigenvalue weighted by molar-refractivity contribution is 5.69. The molecule has 0 amide bonds. The van der Waals surface area contributed by atoms with Crippen molar-refractivity contribution in [2.45, 2.75) is 82.8 Å². The van der Waals surface area contributed by atoms with Gasteiger partial charge in [-0.3, -0.25) is 14.3 Å². The molecule has 0 aromatic carbocycles. The maximum atomic E-state index is 12.8. The van der Waals surface area contributed by atoms with E-state index in [0.29, 0.717) is 13.0 Å². The highest BCUT2D eigenvalue weighted by atomic mass is 16.5. The summed E-state index contributed by atoms with van der Waals surface area (Å²) < 4.78 is 7.57. The average molecular weight is 523 g/mol.